The Labute approximate surface area is 123 Å². The van der Waals surface area contributed by atoms with Gasteiger partial charge in [0, 0.05) is 25.9 Å². The van der Waals surface area contributed by atoms with Gasteiger partial charge in [0.25, 0.3) is 0 Å². The Bertz CT molecular complexity index is 554. The van der Waals surface area contributed by atoms with Crippen molar-refractivity contribution in [3.05, 3.63) is 34.3 Å². The van der Waals surface area contributed by atoms with Crippen LogP contribution in [0.25, 0.3) is 0 Å². The van der Waals surface area contributed by atoms with E-state index in [4.69, 9.17) is 16.7 Å². The molecule has 1 N–H and O–H groups in total. The van der Waals surface area contributed by atoms with Crippen molar-refractivity contribution in [1.29, 1.82) is 0 Å². The Hall–Kier alpha value is -1.50. The first-order chi connectivity index (χ1) is 9.63. The molecule has 116 valence electrons. The van der Waals surface area contributed by atoms with E-state index >= 15 is 0 Å². The summed E-state index contributed by atoms with van der Waals surface area (Å²) < 4.78 is 53.2. The zero-order valence-corrected chi connectivity index (χ0v) is 11.5. The highest BCUT2D eigenvalue weighted by molar-refractivity contribution is 6.31. The van der Waals surface area contributed by atoms with Crippen LogP contribution in [0.5, 0.6) is 0 Å². The van der Waals surface area contributed by atoms with Gasteiger partial charge in [0.1, 0.15) is 5.67 Å². The van der Waals surface area contributed by atoms with Crippen molar-refractivity contribution in [2.75, 3.05) is 13.1 Å². The number of amides is 1. The van der Waals surface area contributed by atoms with E-state index in [0.717, 1.165) is 11.0 Å². The van der Waals surface area contributed by atoms with Crippen molar-refractivity contribution < 1.29 is 27.5 Å². The van der Waals surface area contributed by atoms with E-state index in [0.29, 0.717) is 6.07 Å². The molecule has 1 saturated heterocycles. The number of carbonyl (C=O) groups is 1. The SMILES string of the molecule is O=C(O)N1CCC(F)(c2ccc(Cl)c(C(F)(F)F)c2)CC1. The molecule has 1 fully saturated rings. The fraction of sp³-hybridized carbons (Fsp3) is 0.462. The normalized spacial score (nSPS) is 18.6. The van der Waals surface area contributed by atoms with Gasteiger partial charge >= 0.3 is 12.3 Å². The molecule has 0 atom stereocenters. The molecule has 3 nitrogen and oxygen atoms in total. The Kier molecular flexibility index (Phi) is 4.06. The molecular weight excluding hydrogens is 314 g/mol. The predicted octanol–water partition coefficient (Wildman–Crippen LogP) is 4.30. The molecule has 0 bridgehead atoms. The van der Waals surface area contributed by atoms with Crippen LogP contribution in [0.2, 0.25) is 5.02 Å². The predicted molar refractivity (Wildman–Crippen MR) is 68.1 cm³/mol. The van der Waals surface area contributed by atoms with Crippen molar-refractivity contribution >= 4 is 17.7 Å². The standard InChI is InChI=1S/C13H12ClF4NO2/c14-10-2-1-8(7-9(10)13(16,17)18)12(15)3-5-19(6-4-12)11(20)21/h1-2,7H,3-6H2,(H,20,21). The number of halogens is 5. The van der Waals surface area contributed by atoms with E-state index in [2.05, 4.69) is 0 Å². The van der Waals surface area contributed by atoms with Crippen molar-refractivity contribution in [3.8, 4) is 0 Å². The quantitative estimate of drug-likeness (QED) is 0.782. The summed E-state index contributed by atoms with van der Waals surface area (Å²) in [5.74, 6) is 0. The van der Waals surface area contributed by atoms with Gasteiger partial charge in [-0.25, -0.2) is 9.18 Å². The van der Waals surface area contributed by atoms with Crippen molar-refractivity contribution in [2.24, 2.45) is 0 Å². The van der Waals surface area contributed by atoms with Gasteiger partial charge in [-0.1, -0.05) is 17.7 Å². The first-order valence-corrected chi connectivity index (χ1v) is 6.55. The van der Waals surface area contributed by atoms with Crippen LogP contribution in [-0.4, -0.2) is 29.2 Å². The zero-order valence-electron chi connectivity index (χ0n) is 10.8. The Morgan fingerprint density at radius 3 is 2.33 bits per heavy atom. The zero-order chi connectivity index (χ0) is 15.8. The van der Waals surface area contributed by atoms with Crippen LogP contribution in [-0.2, 0) is 11.8 Å². The van der Waals surface area contributed by atoms with Crippen LogP contribution in [0.1, 0.15) is 24.0 Å². The molecule has 0 aromatic heterocycles. The fourth-order valence-corrected chi connectivity index (χ4v) is 2.59. The summed E-state index contributed by atoms with van der Waals surface area (Å²) in [4.78, 5) is 11.8. The molecule has 21 heavy (non-hydrogen) atoms. The van der Waals surface area contributed by atoms with Gasteiger partial charge in [-0.2, -0.15) is 13.2 Å². The first kappa shape index (κ1) is 15.9. The van der Waals surface area contributed by atoms with Crippen LogP contribution in [0, 0.1) is 0 Å². The second-order valence-electron chi connectivity index (χ2n) is 4.93. The van der Waals surface area contributed by atoms with Crippen molar-refractivity contribution in [2.45, 2.75) is 24.7 Å². The fourth-order valence-electron chi connectivity index (χ4n) is 2.36. The summed E-state index contributed by atoms with van der Waals surface area (Å²) in [6, 6.07) is 2.94. The minimum absolute atomic E-state index is 0.0597. The average molecular weight is 326 g/mol. The minimum atomic E-state index is -4.66. The highest BCUT2D eigenvalue weighted by Crippen LogP contribution is 2.41. The van der Waals surface area contributed by atoms with E-state index in [1.165, 1.54) is 6.07 Å². The number of nitrogens with zero attached hydrogens (tertiary/aromatic N) is 1. The third-order valence-electron chi connectivity index (χ3n) is 3.62. The van der Waals surface area contributed by atoms with Crippen LogP contribution >= 0.6 is 11.6 Å². The highest BCUT2D eigenvalue weighted by Gasteiger charge is 2.40. The molecule has 1 aromatic carbocycles. The largest absolute Gasteiger partial charge is 0.465 e. The Morgan fingerprint density at radius 2 is 1.86 bits per heavy atom. The lowest BCUT2D eigenvalue weighted by molar-refractivity contribution is -0.137. The van der Waals surface area contributed by atoms with E-state index in [1.54, 1.807) is 0 Å². The maximum Gasteiger partial charge on any atom is 0.417 e. The van der Waals surface area contributed by atoms with Crippen molar-refractivity contribution in [3.63, 3.8) is 0 Å². The second kappa shape index (κ2) is 5.36. The van der Waals surface area contributed by atoms with E-state index in [-0.39, 0.29) is 31.5 Å². The smallest absolute Gasteiger partial charge is 0.417 e. The van der Waals surface area contributed by atoms with E-state index < -0.39 is 28.5 Å². The molecule has 1 aliphatic rings. The lowest BCUT2D eigenvalue weighted by Gasteiger charge is -2.35. The van der Waals surface area contributed by atoms with Crippen LogP contribution < -0.4 is 0 Å². The maximum absolute atomic E-state index is 14.8. The molecule has 0 unspecified atom stereocenters. The monoisotopic (exact) mass is 325 g/mol. The molecular formula is C13H12ClF4NO2. The lowest BCUT2D eigenvalue weighted by Crippen LogP contribution is -2.42. The molecule has 2 rings (SSSR count). The Balaban J connectivity index is 2.28. The highest BCUT2D eigenvalue weighted by atomic mass is 35.5. The summed E-state index contributed by atoms with van der Waals surface area (Å²) in [5.41, 5.74) is -3.18. The van der Waals surface area contributed by atoms with Gasteiger partial charge in [-0.05, 0) is 17.7 Å². The summed E-state index contributed by atoms with van der Waals surface area (Å²) in [6.45, 7) is -0.119. The molecule has 1 aliphatic heterocycles. The maximum atomic E-state index is 14.8. The van der Waals surface area contributed by atoms with Crippen LogP contribution in [0.3, 0.4) is 0 Å². The summed E-state index contributed by atoms with van der Waals surface area (Å²) >= 11 is 5.50. The number of benzene rings is 1. The number of carboxylic acid groups (broad SMARTS) is 1. The van der Waals surface area contributed by atoms with Gasteiger partial charge in [0.15, 0.2) is 0 Å². The third-order valence-corrected chi connectivity index (χ3v) is 3.95. The Morgan fingerprint density at radius 1 is 1.29 bits per heavy atom. The number of rotatable bonds is 1. The van der Waals surface area contributed by atoms with Gasteiger partial charge < -0.3 is 10.0 Å². The molecule has 0 spiro atoms. The average Bonchev–Trinajstić information content (AvgIpc) is 2.38. The molecule has 0 saturated carbocycles. The number of hydrogen-bond donors (Lipinski definition) is 1. The molecule has 8 heteroatoms. The number of alkyl halides is 4. The second-order valence-corrected chi connectivity index (χ2v) is 5.33. The van der Waals surface area contributed by atoms with Crippen LogP contribution in [0.4, 0.5) is 22.4 Å². The van der Waals surface area contributed by atoms with Gasteiger partial charge in [-0.3, -0.25) is 0 Å². The number of likely N-dealkylation sites (tertiary alicyclic amines) is 1. The van der Waals surface area contributed by atoms with Gasteiger partial charge in [0.2, 0.25) is 0 Å². The van der Waals surface area contributed by atoms with E-state index in [9.17, 15) is 22.4 Å². The third kappa shape index (κ3) is 3.23. The van der Waals surface area contributed by atoms with Gasteiger partial charge in [-0.15, -0.1) is 0 Å². The van der Waals surface area contributed by atoms with Crippen molar-refractivity contribution in [1.82, 2.24) is 4.90 Å². The summed E-state index contributed by atoms with van der Waals surface area (Å²) in [7, 11) is 0. The molecule has 0 radical (unpaired) electrons. The number of hydrogen-bond acceptors (Lipinski definition) is 1. The lowest BCUT2D eigenvalue weighted by atomic mass is 9.85. The van der Waals surface area contributed by atoms with E-state index in [1.807, 2.05) is 0 Å². The summed E-state index contributed by atoms with van der Waals surface area (Å²) in [6.07, 6.45) is -6.19. The van der Waals surface area contributed by atoms with Crippen LogP contribution in [0.15, 0.2) is 18.2 Å². The summed E-state index contributed by atoms with van der Waals surface area (Å²) in [5, 5.41) is 8.32. The molecule has 1 heterocycles. The van der Waals surface area contributed by atoms with Gasteiger partial charge in [0.05, 0.1) is 10.6 Å². The first-order valence-electron chi connectivity index (χ1n) is 6.17. The molecule has 1 amide bonds. The number of piperidine rings is 1. The topological polar surface area (TPSA) is 40.5 Å². The molecule has 1 aromatic rings. The molecule has 0 aliphatic carbocycles. The minimum Gasteiger partial charge on any atom is -0.465 e.